The van der Waals surface area contributed by atoms with Gasteiger partial charge in [0.2, 0.25) is 0 Å². The minimum atomic E-state index is 0.130. The first-order chi connectivity index (χ1) is 7.18. The minimum Gasteiger partial charge on any atom is -0.377 e. The van der Waals surface area contributed by atoms with E-state index in [1.807, 2.05) is 7.11 Å². The molecule has 2 nitrogen and oxygen atoms in total. The fourth-order valence-electron chi connectivity index (χ4n) is 2.41. The summed E-state index contributed by atoms with van der Waals surface area (Å²) in [6.45, 7) is 6.63. The van der Waals surface area contributed by atoms with Gasteiger partial charge < -0.3 is 10.1 Å². The topological polar surface area (TPSA) is 21.3 Å². The standard InChI is InChI=1S/C13H27NO/c1-12(2)10-14-11-13(15-3)8-6-4-5-7-9-13/h12,14H,4-11H2,1-3H3. The summed E-state index contributed by atoms with van der Waals surface area (Å²) in [4.78, 5) is 0. The lowest BCUT2D eigenvalue weighted by atomic mass is 9.94. The lowest BCUT2D eigenvalue weighted by Gasteiger charge is -2.32. The molecule has 0 aromatic rings. The zero-order valence-electron chi connectivity index (χ0n) is 10.6. The first-order valence-corrected chi connectivity index (χ1v) is 6.44. The largest absolute Gasteiger partial charge is 0.377 e. The Morgan fingerprint density at radius 1 is 1.13 bits per heavy atom. The molecule has 0 saturated heterocycles. The van der Waals surface area contributed by atoms with Crippen molar-refractivity contribution in [3.8, 4) is 0 Å². The second kappa shape index (κ2) is 6.49. The Morgan fingerprint density at radius 3 is 2.20 bits per heavy atom. The molecule has 1 saturated carbocycles. The molecule has 2 heteroatoms. The molecule has 0 amide bonds. The van der Waals surface area contributed by atoms with Crippen LogP contribution in [0.1, 0.15) is 52.4 Å². The molecule has 0 aromatic heterocycles. The van der Waals surface area contributed by atoms with E-state index in [2.05, 4.69) is 19.2 Å². The third kappa shape index (κ3) is 4.52. The van der Waals surface area contributed by atoms with Gasteiger partial charge in [0.1, 0.15) is 0 Å². The molecule has 1 aliphatic rings. The third-order valence-corrected chi connectivity index (χ3v) is 3.45. The molecule has 1 aliphatic carbocycles. The van der Waals surface area contributed by atoms with Crippen molar-refractivity contribution in [1.82, 2.24) is 5.32 Å². The van der Waals surface area contributed by atoms with Gasteiger partial charge in [-0.3, -0.25) is 0 Å². The molecular weight excluding hydrogens is 186 g/mol. The van der Waals surface area contributed by atoms with Gasteiger partial charge >= 0.3 is 0 Å². The van der Waals surface area contributed by atoms with E-state index in [0.29, 0.717) is 0 Å². The van der Waals surface area contributed by atoms with Crippen LogP contribution in [0.15, 0.2) is 0 Å². The van der Waals surface area contributed by atoms with Crippen molar-refractivity contribution in [3.05, 3.63) is 0 Å². The normalized spacial score (nSPS) is 21.6. The minimum absolute atomic E-state index is 0.130. The van der Waals surface area contributed by atoms with Crippen molar-refractivity contribution in [2.45, 2.75) is 58.0 Å². The van der Waals surface area contributed by atoms with Gasteiger partial charge in [-0.15, -0.1) is 0 Å². The van der Waals surface area contributed by atoms with Crippen molar-refractivity contribution >= 4 is 0 Å². The molecule has 0 bridgehead atoms. The van der Waals surface area contributed by atoms with Gasteiger partial charge in [0.05, 0.1) is 5.60 Å². The predicted molar refractivity (Wildman–Crippen MR) is 65.1 cm³/mol. The fourth-order valence-corrected chi connectivity index (χ4v) is 2.41. The van der Waals surface area contributed by atoms with Crippen molar-refractivity contribution in [2.24, 2.45) is 5.92 Å². The Morgan fingerprint density at radius 2 is 1.73 bits per heavy atom. The second-order valence-electron chi connectivity index (χ2n) is 5.33. The van der Waals surface area contributed by atoms with Gasteiger partial charge in [0.15, 0.2) is 0 Å². The van der Waals surface area contributed by atoms with Crippen LogP contribution in [0.2, 0.25) is 0 Å². The molecule has 0 radical (unpaired) electrons. The van der Waals surface area contributed by atoms with Gasteiger partial charge in [-0.2, -0.15) is 0 Å². The van der Waals surface area contributed by atoms with Crippen molar-refractivity contribution < 1.29 is 4.74 Å². The van der Waals surface area contributed by atoms with E-state index in [1.54, 1.807) is 0 Å². The van der Waals surface area contributed by atoms with Gasteiger partial charge in [0, 0.05) is 13.7 Å². The molecule has 90 valence electrons. The first kappa shape index (κ1) is 13.0. The Hall–Kier alpha value is -0.0800. The lowest BCUT2D eigenvalue weighted by molar-refractivity contribution is -0.0217. The molecule has 0 spiro atoms. The smallest absolute Gasteiger partial charge is 0.0802 e. The summed E-state index contributed by atoms with van der Waals surface area (Å²) in [5.74, 6) is 0.727. The summed E-state index contributed by atoms with van der Waals surface area (Å²) in [5.41, 5.74) is 0.130. The first-order valence-electron chi connectivity index (χ1n) is 6.44. The average Bonchev–Trinajstić information content (AvgIpc) is 2.44. The lowest BCUT2D eigenvalue weighted by Crippen LogP contribution is -2.43. The number of nitrogens with one attached hydrogen (secondary N) is 1. The van der Waals surface area contributed by atoms with E-state index in [9.17, 15) is 0 Å². The SMILES string of the molecule is COC1(CNCC(C)C)CCCCCC1. The summed E-state index contributed by atoms with van der Waals surface area (Å²) < 4.78 is 5.78. The Labute approximate surface area is 94.8 Å². The van der Waals surface area contributed by atoms with Crippen molar-refractivity contribution in [2.75, 3.05) is 20.2 Å². The van der Waals surface area contributed by atoms with Crippen LogP contribution in [0.4, 0.5) is 0 Å². The van der Waals surface area contributed by atoms with Crippen LogP contribution in [-0.2, 0) is 4.74 Å². The fraction of sp³-hybridized carbons (Fsp3) is 1.00. The second-order valence-corrected chi connectivity index (χ2v) is 5.33. The molecule has 1 fully saturated rings. The Bertz CT molecular complexity index is 160. The van der Waals surface area contributed by atoms with E-state index in [-0.39, 0.29) is 5.60 Å². The molecule has 0 heterocycles. The van der Waals surface area contributed by atoms with E-state index < -0.39 is 0 Å². The zero-order chi connectivity index (χ0) is 11.1. The Kier molecular flexibility index (Phi) is 5.62. The molecule has 0 aromatic carbocycles. The van der Waals surface area contributed by atoms with E-state index in [1.165, 1.54) is 38.5 Å². The van der Waals surface area contributed by atoms with Gasteiger partial charge in [-0.05, 0) is 25.3 Å². The highest BCUT2D eigenvalue weighted by Crippen LogP contribution is 2.29. The summed E-state index contributed by atoms with van der Waals surface area (Å²) in [7, 11) is 1.88. The van der Waals surface area contributed by atoms with Crippen LogP contribution in [-0.4, -0.2) is 25.8 Å². The van der Waals surface area contributed by atoms with E-state index in [4.69, 9.17) is 4.74 Å². The van der Waals surface area contributed by atoms with Crippen LogP contribution in [0, 0.1) is 5.92 Å². The zero-order valence-corrected chi connectivity index (χ0v) is 10.6. The third-order valence-electron chi connectivity index (χ3n) is 3.45. The van der Waals surface area contributed by atoms with Crippen molar-refractivity contribution in [1.29, 1.82) is 0 Å². The van der Waals surface area contributed by atoms with Crippen LogP contribution < -0.4 is 5.32 Å². The molecule has 15 heavy (non-hydrogen) atoms. The number of methoxy groups -OCH3 is 1. The number of hydrogen-bond donors (Lipinski definition) is 1. The van der Waals surface area contributed by atoms with E-state index >= 15 is 0 Å². The van der Waals surface area contributed by atoms with E-state index in [0.717, 1.165) is 19.0 Å². The van der Waals surface area contributed by atoms with Gasteiger partial charge in [0.25, 0.3) is 0 Å². The number of rotatable bonds is 5. The van der Waals surface area contributed by atoms with Gasteiger partial charge in [-0.25, -0.2) is 0 Å². The maximum atomic E-state index is 5.78. The highest BCUT2D eigenvalue weighted by Gasteiger charge is 2.29. The van der Waals surface area contributed by atoms with Crippen LogP contribution >= 0.6 is 0 Å². The average molecular weight is 213 g/mol. The maximum Gasteiger partial charge on any atom is 0.0802 e. The molecule has 0 unspecified atom stereocenters. The molecule has 1 N–H and O–H groups in total. The summed E-state index contributed by atoms with van der Waals surface area (Å²) in [5, 5.41) is 3.55. The summed E-state index contributed by atoms with van der Waals surface area (Å²) >= 11 is 0. The summed E-state index contributed by atoms with van der Waals surface area (Å²) in [6, 6.07) is 0. The monoisotopic (exact) mass is 213 g/mol. The number of hydrogen-bond acceptors (Lipinski definition) is 2. The van der Waals surface area contributed by atoms with Crippen LogP contribution in [0.5, 0.6) is 0 Å². The predicted octanol–water partition coefficient (Wildman–Crippen LogP) is 2.97. The molecule has 0 aliphatic heterocycles. The van der Waals surface area contributed by atoms with Crippen LogP contribution in [0.25, 0.3) is 0 Å². The van der Waals surface area contributed by atoms with Gasteiger partial charge in [-0.1, -0.05) is 39.5 Å². The van der Waals surface area contributed by atoms with Crippen molar-refractivity contribution in [3.63, 3.8) is 0 Å². The molecule has 1 rings (SSSR count). The molecule has 0 atom stereocenters. The number of ether oxygens (including phenoxy) is 1. The Balaban J connectivity index is 2.36. The highest BCUT2D eigenvalue weighted by molar-refractivity contribution is 4.85. The quantitative estimate of drug-likeness (QED) is 0.709. The van der Waals surface area contributed by atoms with Crippen LogP contribution in [0.3, 0.4) is 0 Å². The highest BCUT2D eigenvalue weighted by atomic mass is 16.5. The molecular formula is C13H27NO. The summed E-state index contributed by atoms with van der Waals surface area (Å²) in [6.07, 6.45) is 7.89. The maximum absolute atomic E-state index is 5.78.